The first-order valence-corrected chi connectivity index (χ1v) is 11.9. The van der Waals surface area contributed by atoms with Gasteiger partial charge >= 0.3 is 0 Å². The number of piperazine rings is 1. The van der Waals surface area contributed by atoms with E-state index in [0.29, 0.717) is 22.2 Å². The average molecular weight is 517 g/mol. The minimum Gasteiger partial charge on any atom is -0.369 e. The van der Waals surface area contributed by atoms with Crippen LogP contribution in [0.4, 0.5) is 15.8 Å². The van der Waals surface area contributed by atoms with Crippen molar-refractivity contribution in [2.24, 2.45) is 0 Å². The van der Waals surface area contributed by atoms with Gasteiger partial charge in [0.15, 0.2) is 5.11 Å². The van der Waals surface area contributed by atoms with Gasteiger partial charge in [0.05, 0.1) is 10.0 Å². The topological polar surface area (TPSA) is 47.6 Å². The zero-order chi connectivity index (χ0) is 24.1. The maximum absolute atomic E-state index is 13.9. The van der Waals surface area contributed by atoms with Gasteiger partial charge in [-0.2, -0.15) is 0 Å². The van der Waals surface area contributed by atoms with Crippen LogP contribution in [0.2, 0.25) is 10.0 Å². The number of hydrogen-bond donors (Lipinski definition) is 2. The minimum absolute atomic E-state index is 0.154. The Morgan fingerprint density at radius 2 is 1.65 bits per heavy atom. The van der Waals surface area contributed by atoms with Crippen LogP contribution in [-0.4, -0.2) is 42.1 Å². The Kier molecular flexibility index (Phi) is 8.00. The van der Waals surface area contributed by atoms with Crippen LogP contribution in [0.15, 0.2) is 66.7 Å². The maximum Gasteiger partial charge on any atom is 0.257 e. The third-order valence-corrected chi connectivity index (χ3v) is 6.57. The summed E-state index contributed by atoms with van der Waals surface area (Å²) < 4.78 is 13.9. The van der Waals surface area contributed by atoms with E-state index in [0.717, 1.165) is 43.1 Å². The van der Waals surface area contributed by atoms with Crippen molar-refractivity contribution in [1.82, 2.24) is 10.2 Å². The standard InChI is InChI=1S/C25H23Cl2FN4OS/c26-21-10-5-17(15-22(21)27)24(33)30-25(34)29-19-6-8-20(9-7-19)32-13-11-31(12-14-32)16-18-3-1-2-4-23(18)28/h1-10,15H,11-14,16H2,(H2,29,30,33,34). The van der Waals surface area contributed by atoms with Gasteiger partial charge in [-0.25, -0.2) is 4.39 Å². The van der Waals surface area contributed by atoms with Gasteiger partial charge in [-0.3, -0.25) is 15.0 Å². The number of nitrogens with zero attached hydrogens (tertiary/aromatic N) is 2. The van der Waals surface area contributed by atoms with Gasteiger partial charge in [0.2, 0.25) is 0 Å². The molecule has 1 aliphatic rings. The molecule has 5 nitrogen and oxygen atoms in total. The zero-order valence-electron chi connectivity index (χ0n) is 18.2. The van der Waals surface area contributed by atoms with E-state index in [9.17, 15) is 9.18 Å². The highest BCUT2D eigenvalue weighted by molar-refractivity contribution is 7.80. The van der Waals surface area contributed by atoms with Crippen LogP contribution >= 0.6 is 35.4 Å². The van der Waals surface area contributed by atoms with Gasteiger partial charge in [0.25, 0.3) is 5.91 Å². The van der Waals surface area contributed by atoms with Crippen molar-refractivity contribution in [2.75, 3.05) is 36.4 Å². The number of thiocarbonyl (C=S) groups is 1. The molecule has 34 heavy (non-hydrogen) atoms. The maximum atomic E-state index is 13.9. The molecule has 2 N–H and O–H groups in total. The van der Waals surface area contributed by atoms with Crippen LogP contribution in [0.3, 0.4) is 0 Å². The van der Waals surface area contributed by atoms with Crippen LogP contribution in [-0.2, 0) is 6.54 Å². The molecule has 9 heteroatoms. The normalized spacial score (nSPS) is 14.0. The van der Waals surface area contributed by atoms with Crippen LogP contribution in [0.1, 0.15) is 15.9 Å². The van der Waals surface area contributed by atoms with Crippen molar-refractivity contribution >= 4 is 57.8 Å². The Bertz CT molecular complexity index is 1180. The summed E-state index contributed by atoms with van der Waals surface area (Å²) in [5.41, 5.74) is 2.96. The molecule has 0 saturated carbocycles. The van der Waals surface area contributed by atoms with E-state index in [2.05, 4.69) is 20.4 Å². The molecule has 1 saturated heterocycles. The Hall–Kier alpha value is -2.71. The second-order valence-corrected chi connectivity index (χ2v) is 9.16. The van der Waals surface area contributed by atoms with Crippen LogP contribution < -0.4 is 15.5 Å². The van der Waals surface area contributed by atoms with Gasteiger partial charge in [-0.1, -0.05) is 41.4 Å². The Balaban J connectivity index is 1.27. The van der Waals surface area contributed by atoms with Gasteiger partial charge in [-0.15, -0.1) is 0 Å². The fourth-order valence-electron chi connectivity index (χ4n) is 3.76. The number of hydrogen-bond acceptors (Lipinski definition) is 4. The molecule has 1 heterocycles. The number of anilines is 2. The number of benzene rings is 3. The van der Waals surface area contributed by atoms with E-state index >= 15 is 0 Å². The first kappa shape index (κ1) is 24.4. The summed E-state index contributed by atoms with van der Waals surface area (Å²) in [6, 6.07) is 19.4. The van der Waals surface area contributed by atoms with Crippen LogP contribution in [0.5, 0.6) is 0 Å². The fraction of sp³-hybridized carbons (Fsp3) is 0.200. The summed E-state index contributed by atoms with van der Waals surface area (Å²) in [5, 5.41) is 6.52. The van der Waals surface area contributed by atoms with Crippen molar-refractivity contribution in [3.8, 4) is 0 Å². The minimum atomic E-state index is -0.374. The van der Waals surface area contributed by atoms with Crippen molar-refractivity contribution in [1.29, 1.82) is 0 Å². The van der Waals surface area contributed by atoms with Crippen molar-refractivity contribution in [3.05, 3.63) is 93.7 Å². The first-order chi connectivity index (χ1) is 16.4. The second kappa shape index (κ2) is 11.1. The Labute approximate surface area is 213 Å². The van der Waals surface area contributed by atoms with Crippen molar-refractivity contribution in [2.45, 2.75) is 6.54 Å². The molecule has 4 rings (SSSR count). The smallest absolute Gasteiger partial charge is 0.257 e. The molecule has 0 unspecified atom stereocenters. The predicted molar refractivity (Wildman–Crippen MR) is 140 cm³/mol. The number of amides is 1. The Morgan fingerprint density at radius 3 is 2.32 bits per heavy atom. The molecular formula is C25H23Cl2FN4OS. The van der Waals surface area contributed by atoms with E-state index in [-0.39, 0.29) is 16.8 Å². The molecule has 3 aromatic carbocycles. The second-order valence-electron chi connectivity index (χ2n) is 7.94. The SMILES string of the molecule is O=C(NC(=S)Nc1ccc(N2CCN(Cc3ccccc3F)CC2)cc1)c1ccc(Cl)c(Cl)c1. The summed E-state index contributed by atoms with van der Waals surface area (Å²) in [6.45, 7) is 4.06. The molecule has 0 atom stereocenters. The van der Waals surface area contributed by atoms with E-state index in [1.54, 1.807) is 18.2 Å². The zero-order valence-corrected chi connectivity index (χ0v) is 20.6. The number of rotatable bonds is 5. The average Bonchev–Trinajstić information content (AvgIpc) is 2.83. The van der Waals surface area contributed by atoms with Gasteiger partial charge in [0.1, 0.15) is 5.82 Å². The molecular weight excluding hydrogens is 494 g/mol. The third-order valence-electron chi connectivity index (χ3n) is 5.62. The van der Waals surface area contributed by atoms with Gasteiger partial charge in [0, 0.05) is 55.2 Å². The quantitative estimate of drug-likeness (QED) is 0.433. The lowest BCUT2D eigenvalue weighted by Crippen LogP contribution is -2.46. The fourth-order valence-corrected chi connectivity index (χ4v) is 4.27. The van der Waals surface area contributed by atoms with E-state index in [1.807, 2.05) is 36.4 Å². The molecule has 1 aliphatic heterocycles. The van der Waals surface area contributed by atoms with Crippen molar-refractivity contribution < 1.29 is 9.18 Å². The molecule has 1 fully saturated rings. The lowest BCUT2D eigenvalue weighted by molar-refractivity contribution is 0.0977. The van der Waals surface area contributed by atoms with Crippen LogP contribution in [0, 0.1) is 5.82 Å². The van der Waals surface area contributed by atoms with Gasteiger partial charge < -0.3 is 10.2 Å². The first-order valence-electron chi connectivity index (χ1n) is 10.8. The van der Waals surface area contributed by atoms with Crippen molar-refractivity contribution in [3.63, 3.8) is 0 Å². The Morgan fingerprint density at radius 1 is 0.941 bits per heavy atom. The lowest BCUT2D eigenvalue weighted by atomic mass is 10.1. The van der Waals surface area contributed by atoms with Gasteiger partial charge in [-0.05, 0) is 60.7 Å². The lowest BCUT2D eigenvalue weighted by Gasteiger charge is -2.36. The van der Waals surface area contributed by atoms with E-state index in [4.69, 9.17) is 35.4 Å². The summed E-state index contributed by atoms with van der Waals surface area (Å²) in [5.74, 6) is -0.528. The largest absolute Gasteiger partial charge is 0.369 e. The highest BCUT2D eigenvalue weighted by atomic mass is 35.5. The number of halogens is 3. The highest BCUT2D eigenvalue weighted by Gasteiger charge is 2.18. The summed E-state index contributed by atoms with van der Waals surface area (Å²) in [6.07, 6.45) is 0. The molecule has 0 spiro atoms. The molecule has 1 amide bonds. The van der Waals surface area contributed by atoms with E-state index in [1.165, 1.54) is 12.1 Å². The summed E-state index contributed by atoms with van der Waals surface area (Å²) in [7, 11) is 0. The monoisotopic (exact) mass is 516 g/mol. The molecule has 0 aliphatic carbocycles. The molecule has 0 radical (unpaired) electrons. The number of carbonyl (C=O) groups is 1. The highest BCUT2D eigenvalue weighted by Crippen LogP contribution is 2.23. The molecule has 3 aromatic rings. The molecule has 0 aromatic heterocycles. The molecule has 176 valence electrons. The number of nitrogens with one attached hydrogen (secondary N) is 2. The third kappa shape index (κ3) is 6.24. The summed E-state index contributed by atoms with van der Waals surface area (Å²) >= 11 is 17.1. The predicted octanol–water partition coefficient (Wildman–Crippen LogP) is 5.58. The number of carbonyl (C=O) groups excluding carboxylic acids is 1. The molecule has 0 bridgehead atoms. The van der Waals surface area contributed by atoms with Crippen LogP contribution in [0.25, 0.3) is 0 Å². The van der Waals surface area contributed by atoms with E-state index < -0.39 is 0 Å². The summed E-state index contributed by atoms with van der Waals surface area (Å²) in [4.78, 5) is 16.9.